The lowest BCUT2D eigenvalue weighted by Crippen LogP contribution is -2.53. The first-order valence-corrected chi connectivity index (χ1v) is 22.3. The Morgan fingerprint density at radius 2 is 0.962 bits per heavy atom. The van der Waals surface area contributed by atoms with E-state index in [1.54, 1.807) is 0 Å². The van der Waals surface area contributed by atoms with E-state index < -0.39 is 27.9 Å². The van der Waals surface area contributed by atoms with Gasteiger partial charge in [-0.15, -0.1) is 0 Å². The van der Waals surface area contributed by atoms with Gasteiger partial charge in [0, 0.05) is 10.8 Å². The van der Waals surface area contributed by atoms with Crippen LogP contribution in [0.4, 0.5) is 0 Å². The fourth-order valence-corrected chi connectivity index (χ4v) is 9.90. The summed E-state index contributed by atoms with van der Waals surface area (Å²) >= 11 is 0. The van der Waals surface area contributed by atoms with Gasteiger partial charge >= 0.3 is 11.9 Å². The zero-order chi connectivity index (χ0) is 41.9. The van der Waals surface area contributed by atoms with Gasteiger partial charge in [0.25, 0.3) is 0 Å². The van der Waals surface area contributed by atoms with E-state index in [0.29, 0.717) is 25.7 Å². The fraction of sp³-hybridized carbons (Fsp3) is 0.958. The Morgan fingerprint density at radius 3 is 1.32 bits per heavy atom. The van der Waals surface area contributed by atoms with E-state index in [4.69, 9.17) is 9.47 Å². The maximum absolute atomic E-state index is 15.0. The van der Waals surface area contributed by atoms with Gasteiger partial charge < -0.3 is 14.6 Å². The number of carbonyl (C=O) groups is 2. The van der Waals surface area contributed by atoms with E-state index in [9.17, 15) is 14.7 Å². The van der Waals surface area contributed by atoms with Gasteiger partial charge in [-0.1, -0.05) is 131 Å². The summed E-state index contributed by atoms with van der Waals surface area (Å²) in [5.74, 6) is -0.594. The molecule has 53 heavy (non-hydrogen) atoms. The molecule has 0 aliphatic heterocycles. The van der Waals surface area contributed by atoms with Crippen molar-refractivity contribution in [3.05, 3.63) is 0 Å². The lowest BCUT2D eigenvalue weighted by atomic mass is 9.56. The summed E-state index contributed by atoms with van der Waals surface area (Å²) < 4.78 is 13.4. The van der Waals surface area contributed by atoms with E-state index in [0.717, 1.165) is 70.6 Å². The van der Waals surface area contributed by atoms with E-state index in [2.05, 4.69) is 125 Å². The van der Waals surface area contributed by atoms with Gasteiger partial charge in [0.05, 0.1) is 17.4 Å². The zero-order valence-electron chi connectivity index (χ0n) is 39.4. The van der Waals surface area contributed by atoms with Crippen molar-refractivity contribution < 1.29 is 24.2 Å². The number of hydrogen-bond acceptors (Lipinski definition) is 5. The molecule has 0 bridgehead atoms. The Labute approximate surface area is 331 Å². The summed E-state index contributed by atoms with van der Waals surface area (Å²) in [5.41, 5.74) is -2.57. The van der Waals surface area contributed by atoms with E-state index in [-0.39, 0.29) is 45.6 Å². The molecule has 0 fully saturated rings. The normalized spacial score (nSPS) is 17.8. The van der Waals surface area contributed by atoms with Crippen molar-refractivity contribution in [1.29, 1.82) is 0 Å². The number of ether oxygens (including phenoxy) is 2. The molecule has 0 aromatic carbocycles. The van der Waals surface area contributed by atoms with E-state index in [1.165, 1.54) is 0 Å². The van der Waals surface area contributed by atoms with Crippen molar-refractivity contribution in [3.63, 3.8) is 0 Å². The van der Waals surface area contributed by atoms with Crippen molar-refractivity contribution >= 4 is 11.9 Å². The van der Waals surface area contributed by atoms with Gasteiger partial charge in [-0.2, -0.15) is 0 Å². The van der Waals surface area contributed by atoms with Crippen LogP contribution in [0.5, 0.6) is 0 Å². The Balaban J connectivity index is 7.05. The summed E-state index contributed by atoms with van der Waals surface area (Å²) in [5, 5.41) is 12.5. The summed E-state index contributed by atoms with van der Waals surface area (Å²) in [7, 11) is 0. The van der Waals surface area contributed by atoms with Crippen LogP contribution in [0.15, 0.2) is 0 Å². The maximum atomic E-state index is 15.0. The molecule has 0 aliphatic carbocycles. The molecule has 0 aliphatic rings. The maximum Gasteiger partial charge on any atom is 0.312 e. The Hall–Kier alpha value is -1.10. The average molecular weight is 751 g/mol. The fourth-order valence-electron chi connectivity index (χ4n) is 9.90. The Morgan fingerprint density at radius 1 is 0.528 bits per heavy atom. The van der Waals surface area contributed by atoms with Gasteiger partial charge in [0.15, 0.2) is 0 Å². The van der Waals surface area contributed by atoms with Crippen LogP contribution in [0.3, 0.4) is 0 Å². The third-order valence-electron chi connectivity index (χ3n) is 15.5. The smallest absolute Gasteiger partial charge is 0.312 e. The average Bonchev–Trinajstić information content (AvgIpc) is 3.12. The molecule has 0 radical (unpaired) electrons. The first kappa shape index (κ1) is 51.9. The molecule has 0 heterocycles. The summed E-state index contributed by atoms with van der Waals surface area (Å²) in [6.45, 7) is 43.8. The highest BCUT2D eigenvalue weighted by atomic mass is 16.6. The highest BCUT2D eigenvalue weighted by Gasteiger charge is 2.54. The molecule has 0 spiro atoms. The lowest BCUT2D eigenvalue weighted by molar-refractivity contribution is -0.191. The van der Waals surface area contributed by atoms with E-state index >= 15 is 0 Å². The summed E-state index contributed by atoms with van der Waals surface area (Å²) in [6.07, 6.45) is 11.2. The van der Waals surface area contributed by atoms with Crippen molar-refractivity contribution in [2.24, 2.45) is 43.8 Å². The van der Waals surface area contributed by atoms with Crippen LogP contribution in [0.25, 0.3) is 0 Å². The largest absolute Gasteiger partial charge is 0.461 e. The van der Waals surface area contributed by atoms with Crippen LogP contribution >= 0.6 is 0 Å². The van der Waals surface area contributed by atoms with Crippen molar-refractivity contribution in [2.75, 3.05) is 0 Å². The van der Waals surface area contributed by atoms with Crippen LogP contribution in [-0.2, 0) is 19.1 Å². The molecule has 0 aromatic heterocycles. The second kappa shape index (κ2) is 20.4. The van der Waals surface area contributed by atoms with Gasteiger partial charge in [-0.25, -0.2) is 0 Å². The number of carbonyl (C=O) groups excluding carboxylic acids is 2. The molecule has 316 valence electrons. The first-order chi connectivity index (χ1) is 24.2. The second-order valence-corrected chi connectivity index (χ2v) is 20.7. The number of aliphatic hydroxyl groups excluding tert-OH is 1. The lowest BCUT2D eigenvalue weighted by Gasteiger charge is -2.52. The van der Waals surface area contributed by atoms with Crippen LogP contribution < -0.4 is 0 Å². The van der Waals surface area contributed by atoms with Crippen LogP contribution in [0.1, 0.15) is 235 Å². The third kappa shape index (κ3) is 13.0. The second-order valence-electron chi connectivity index (χ2n) is 20.7. The standard InChI is InChI=1S/C48H94O5/c1-21-36(37(49)53-43(16,17)33-41(12,13)22-2)32-47(28-8,29-9)39(44(18,24-4)25-5)52-40(51)46(20,27-7)35-45(19,26-6)38(50)48(30-10,31-11)34-42(14,15)23-3/h36,38-39,50H,21-35H2,1-20H3. The molecule has 5 atom stereocenters. The van der Waals surface area contributed by atoms with Crippen LogP contribution in [0, 0.1) is 43.8 Å². The molecule has 0 amide bonds. The minimum Gasteiger partial charge on any atom is -0.461 e. The molecule has 0 aromatic rings. The Kier molecular flexibility index (Phi) is 19.9. The molecular formula is C48H94O5. The molecule has 5 heteroatoms. The van der Waals surface area contributed by atoms with Crippen LogP contribution in [-0.4, -0.2) is 34.9 Å². The van der Waals surface area contributed by atoms with Gasteiger partial charge in [0.1, 0.15) is 11.7 Å². The molecular weight excluding hydrogens is 657 g/mol. The third-order valence-corrected chi connectivity index (χ3v) is 15.5. The minimum atomic E-state index is -0.785. The molecule has 0 rings (SSSR count). The van der Waals surface area contributed by atoms with Gasteiger partial charge in [0.2, 0.25) is 0 Å². The molecule has 1 N–H and O–H groups in total. The number of hydrogen-bond donors (Lipinski definition) is 1. The predicted molar refractivity (Wildman–Crippen MR) is 228 cm³/mol. The molecule has 5 nitrogen and oxygen atoms in total. The number of aliphatic hydroxyl groups is 1. The first-order valence-electron chi connectivity index (χ1n) is 22.3. The SMILES string of the molecule is CCC(CC(CC)(CC)C(OC(=O)C(C)(CC)CC(C)(CC)C(O)C(CC)(CC)CC(C)(C)CC)C(C)(CC)CC)C(=O)OC(C)(C)CC(C)(C)CC. The van der Waals surface area contributed by atoms with Crippen LogP contribution in [0.2, 0.25) is 0 Å². The van der Waals surface area contributed by atoms with Crippen molar-refractivity contribution in [2.45, 2.75) is 253 Å². The topological polar surface area (TPSA) is 72.8 Å². The number of esters is 2. The van der Waals surface area contributed by atoms with Crippen molar-refractivity contribution in [1.82, 2.24) is 0 Å². The quantitative estimate of drug-likeness (QED) is 0.0846. The van der Waals surface area contributed by atoms with E-state index in [1.807, 2.05) is 13.8 Å². The Bertz CT molecular complexity index is 1090. The molecule has 5 unspecified atom stereocenters. The zero-order valence-corrected chi connectivity index (χ0v) is 39.4. The van der Waals surface area contributed by atoms with Gasteiger partial charge in [-0.05, 0) is 126 Å². The highest BCUT2D eigenvalue weighted by molar-refractivity contribution is 5.77. The van der Waals surface area contributed by atoms with Gasteiger partial charge in [-0.3, -0.25) is 9.59 Å². The number of rotatable bonds is 27. The summed E-state index contributed by atoms with van der Waals surface area (Å²) in [4.78, 5) is 29.0. The molecule has 0 saturated carbocycles. The van der Waals surface area contributed by atoms with Crippen molar-refractivity contribution in [3.8, 4) is 0 Å². The summed E-state index contributed by atoms with van der Waals surface area (Å²) in [6, 6.07) is 0. The highest BCUT2D eigenvalue weighted by Crippen LogP contribution is 2.55. The molecule has 0 saturated heterocycles. The monoisotopic (exact) mass is 751 g/mol. The minimum absolute atomic E-state index is 0.0714. The predicted octanol–water partition coefficient (Wildman–Crippen LogP) is 14.3.